The molecule has 1 saturated carbocycles. The number of nitrogens with two attached hydrogens (primary N) is 1. The van der Waals surface area contributed by atoms with Crippen molar-refractivity contribution in [2.45, 2.75) is 38.3 Å². The van der Waals surface area contributed by atoms with Gasteiger partial charge in [-0.25, -0.2) is 0 Å². The highest BCUT2D eigenvalue weighted by Gasteiger charge is 2.31. The van der Waals surface area contributed by atoms with E-state index < -0.39 is 0 Å². The number of ether oxygens (including phenoxy) is 1. The van der Waals surface area contributed by atoms with Crippen molar-refractivity contribution in [3.8, 4) is 0 Å². The van der Waals surface area contributed by atoms with Crippen LogP contribution < -0.4 is 5.73 Å². The summed E-state index contributed by atoms with van der Waals surface area (Å²) in [5.41, 5.74) is 5.89. The van der Waals surface area contributed by atoms with E-state index in [1.807, 2.05) is 6.92 Å². The normalized spacial score (nSPS) is 26.4. The lowest BCUT2D eigenvalue weighted by atomic mass is 9.80. The second-order valence-electron chi connectivity index (χ2n) is 6.78. The SMILES string of the molecule is CCOCCN1CCN(Cc2nnc(C3CC(N)C3)n2C)CC1. The number of nitrogens with zero attached hydrogens (tertiary/aromatic N) is 5. The fourth-order valence-electron chi connectivity index (χ4n) is 3.45. The Morgan fingerprint density at radius 3 is 2.48 bits per heavy atom. The van der Waals surface area contributed by atoms with Crippen LogP contribution in [0.3, 0.4) is 0 Å². The molecule has 1 aliphatic carbocycles. The van der Waals surface area contributed by atoms with Crippen LogP contribution >= 0.6 is 0 Å². The number of hydrogen-bond acceptors (Lipinski definition) is 6. The first-order valence-corrected chi connectivity index (χ1v) is 8.83. The largest absolute Gasteiger partial charge is 0.380 e. The van der Waals surface area contributed by atoms with Gasteiger partial charge in [0.1, 0.15) is 11.6 Å². The highest BCUT2D eigenvalue weighted by atomic mass is 16.5. The first kappa shape index (κ1) is 16.8. The third-order valence-corrected chi connectivity index (χ3v) is 5.12. The van der Waals surface area contributed by atoms with Crippen LogP contribution in [0.25, 0.3) is 0 Å². The first-order chi connectivity index (χ1) is 11.2. The van der Waals surface area contributed by atoms with Crippen molar-refractivity contribution in [2.75, 3.05) is 45.9 Å². The number of aromatic nitrogens is 3. The molecule has 130 valence electrons. The third-order valence-electron chi connectivity index (χ3n) is 5.12. The molecule has 3 rings (SSSR count). The average molecular weight is 322 g/mol. The van der Waals surface area contributed by atoms with E-state index in [1.165, 1.54) is 0 Å². The zero-order valence-corrected chi connectivity index (χ0v) is 14.4. The fraction of sp³-hybridized carbons (Fsp3) is 0.875. The van der Waals surface area contributed by atoms with E-state index in [4.69, 9.17) is 10.5 Å². The van der Waals surface area contributed by atoms with Gasteiger partial charge in [0.25, 0.3) is 0 Å². The van der Waals surface area contributed by atoms with Crippen molar-refractivity contribution in [3.63, 3.8) is 0 Å². The maximum atomic E-state index is 5.89. The van der Waals surface area contributed by atoms with E-state index >= 15 is 0 Å². The summed E-state index contributed by atoms with van der Waals surface area (Å²) in [4.78, 5) is 4.95. The Bertz CT molecular complexity index is 491. The molecule has 0 spiro atoms. The Kier molecular flexibility index (Phi) is 5.63. The van der Waals surface area contributed by atoms with Crippen LogP contribution in [-0.2, 0) is 18.3 Å². The molecule has 1 aromatic rings. The van der Waals surface area contributed by atoms with E-state index in [0.29, 0.717) is 12.0 Å². The summed E-state index contributed by atoms with van der Waals surface area (Å²) in [6.07, 6.45) is 2.09. The lowest BCUT2D eigenvalue weighted by molar-refractivity contribution is 0.0774. The average Bonchev–Trinajstić information content (AvgIpc) is 2.87. The van der Waals surface area contributed by atoms with Gasteiger partial charge in [0.05, 0.1) is 13.2 Å². The quantitative estimate of drug-likeness (QED) is 0.722. The Morgan fingerprint density at radius 2 is 1.83 bits per heavy atom. The van der Waals surface area contributed by atoms with Gasteiger partial charge in [0, 0.05) is 58.3 Å². The molecule has 2 heterocycles. The highest BCUT2D eigenvalue weighted by Crippen LogP contribution is 2.34. The van der Waals surface area contributed by atoms with Crippen molar-refractivity contribution in [3.05, 3.63) is 11.6 Å². The topological polar surface area (TPSA) is 72.4 Å². The van der Waals surface area contributed by atoms with Gasteiger partial charge in [0.2, 0.25) is 0 Å². The van der Waals surface area contributed by atoms with E-state index in [-0.39, 0.29) is 0 Å². The minimum atomic E-state index is 0.352. The summed E-state index contributed by atoms with van der Waals surface area (Å²) in [6.45, 7) is 10.0. The minimum absolute atomic E-state index is 0.352. The van der Waals surface area contributed by atoms with Gasteiger partial charge in [-0.15, -0.1) is 10.2 Å². The fourth-order valence-corrected chi connectivity index (χ4v) is 3.45. The first-order valence-electron chi connectivity index (χ1n) is 8.83. The lowest BCUT2D eigenvalue weighted by Crippen LogP contribution is -2.47. The Labute approximate surface area is 138 Å². The summed E-state index contributed by atoms with van der Waals surface area (Å²) in [6, 6.07) is 0.352. The second-order valence-corrected chi connectivity index (χ2v) is 6.78. The van der Waals surface area contributed by atoms with E-state index in [0.717, 1.165) is 77.0 Å². The molecule has 23 heavy (non-hydrogen) atoms. The molecule has 2 aliphatic rings. The molecule has 2 fully saturated rings. The number of rotatable bonds is 7. The van der Waals surface area contributed by atoms with Gasteiger partial charge in [-0.2, -0.15) is 0 Å². The van der Waals surface area contributed by atoms with Crippen molar-refractivity contribution < 1.29 is 4.74 Å². The van der Waals surface area contributed by atoms with Gasteiger partial charge in [0.15, 0.2) is 0 Å². The molecule has 1 aromatic heterocycles. The van der Waals surface area contributed by atoms with Crippen molar-refractivity contribution in [1.29, 1.82) is 0 Å². The second kappa shape index (κ2) is 7.70. The maximum Gasteiger partial charge on any atom is 0.146 e. The zero-order valence-electron chi connectivity index (χ0n) is 14.4. The van der Waals surface area contributed by atoms with Crippen LogP contribution in [-0.4, -0.2) is 76.5 Å². The molecule has 2 N–H and O–H groups in total. The molecule has 0 bridgehead atoms. The van der Waals surface area contributed by atoms with Gasteiger partial charge in [-0.3, -0.25) is 9.80 Å². The molecular weight excluding hydrogens is 292 g/mol. The Balaban J connectivity index is 1.46. The summed E-state index contributed by atoms with van der Waals surface area (Å²) >= 11 is 0. The van der Waals surface area contributed by atoms with Crippen molar-refractivity contribution in [2.24, 2.45) is 12.8 Å². The molecule has 0 atom stereocenters. The van der Waals surface area contributed by atoms with Gasteiger partial charge in [-0.1, -0.05) is 0 Å². The van der Waals surface area contributed by atoms with E-state index in [2.05, 4.69) is 31.6 Å². The van der Waals surface area contributed by atoms with Crippen LogP contribution in [0.5, 0.6) is 0 Å². The monoisotopic (exact) mass is 322 g/mol. The molecule has 7 heteroatoms. The predicted octanol–water partition coefficient (Wildman–Crippen LogP) is 0.174. The molecule has 0 unspecified atom stereocenters. The van der Waals surface area contributed by atoms with Gasteiger partial charge >= 0.3 is 0 Å². The van der Waals surface area contributed by atoms with E-state index in [9.17, 15) is 0 Å². The predicted molar refractivity (Wildman–Crippen MR) is 89.2 cm³/mol. The zero-order chi connectivity index (χ0) is 16.2. The van der Waals surface area contributed by atoms with Crippen molar-refractivity contribution in [1.82, 2.24) is 24.6 Å². The van der Waals surface area contributed by atoms with Crippen LogP contribution in [0.1, 0.15) is 37.3 Å². The van der Waals surface area contributed by atoms with Crippen LogP contribution in [0, 0.1) is 0 Å². The summed E-state index contributed by atoms with van der Waals surface area (Å²) < 4.78 is 7.62. The van der Waals surface area contributed by atoms with Crippen molar-refractivity contribution >= 4 is 0 Å². The minimum Gasteiger partial charge on any atom is -0.380 e. The molecule has 0 radical (unpaired) electrons. The third kappa shape index (κ3) is 4.09. The highest BCUT2D eigenvalue weighted by molar-refractivity contribution is 5.08. The standard InChI is InChI=1S/C16H30N6O/c1-3-23-9-8-21-4-6-22(7-5-21)12-15-18-19-16(20(15)2)13-10-14(17)11-13/h13-14H,3-12,17H2,1-2H3. The maximum absolute atomic E-state index is 5.89. The molecule has 1 aliphatic heterocycles. The molecule has 0 amide bonds. The molecule has 1 saturated heterocycles. The number of hydrogen-bond donors (Lipinski definition) is 1. The van der Waals surface area contributed by atoms with Crippen LogP contribution in [0.15, 0.2) is 0 Å². The summed E-state index contributed by atoms with van der Waals surface area (Å²) in [5.74, 6) is 2.69. The van der Waals surface area contributed by atoms with Crippen LogP contribution in [0.4, 0.5) is 0 Å². The van der Waals surface area contributed by atoms with Gasteiger partial charge < -0.3 is 15.0 Å². The Morgan fingerprint density at radius 1 is 1.13 bits per heavy atom. The van der Waals surface area contributed by atoms with Gasteiger partial charge in [-0.05, 0) is 19.8 Å². The molecule has 7 nitrogen and oxygen atoms in total. The lowest BCUT2D eigenvalue weighted by Gasteiger charge is -2.34. The summed E-state index contributed by atoms with van der Waals surface area (Å²) in [5, 5.41) is 8.82. The molecule has 0 aromatic carbocycles. The molecular formula is C16H30N6O. The van der Waals surface area contributed by atoms with E-state index in [1.54, 1.807) is 0 Å². The Hall–Kier alpha value is -1.02. The summed E-state index contributed by atoms with van der Waals surface area (Å²) in [7, 11) is 2.09. The number of piperazine rings is 1. The smallest absolute Gasteiger partial charge is 0.146 e. The van der Waals surface area contributed by atoms with Crippen LogP contribution in [0.2, 0.25) is 0 Å².